The van der Waals surface area contributed by atoms with Gasteiger partial charge in [-0.25, -0.2) is 0 Å². The van der Waals surface area contributed by atoms with Gasteiger partial charge in [0.15, 0.2) is 0 Å². The van der Waals surface area contributed by atoms with Crippen LogP contribution < -0.4 is 15.8 Å². The first-order valence-corrected chi connectivity index (χ1v) is 9.41. The fourth-order valence-corrected chi connectivity index (χ4v) is 4.34. The summed E-state index contributed by atoms with van der Waals surface area (Å²) in [5, 5.41) is 5.17. The van der Waals surface area contributed by atoms with Crippen LogP contribution in [0.15, 0.2) is 41.8 Å². The zero-order valence-electron chi connectivity index (χ0n) is 14.2. The first-order chi connectivity index (χ1) is 11.7. The van der Waals surface area contributed by atoms with E-state index < -0.39 is 0 Å². The molecule has 4 nitrogen and oxygen atoms in total. The molecular weight excluding hydrogens is 356 g/mol. The van der Waals surface area contributed by atoms with Crippen LogP contribution in [0.5, 0.6) is 5.75 Å². The van der Waals surface area contributed by atoms with Crippen molar-refractivity contribution in [2.24, 2.45) is 5.73 Å². The highest BCUT2D eigenvalue weighted by molar-refractivity contribution is 7.10. The molecule has 3 rings (SSSR count). The van der Waals surface area contributed by atoms with Crippen molar-refractivity contribution in [2.45, 2.75) is 37.5 Å². The van der Waals surface area contributed by atoms with Gasteiger partial charge in [0.2, 0.25) is 5.91 Å². The number of nitrogens with two attached hydrogens (primary N) is 1. The number of halogens is 1. The third-order valence-electron chi connectivity index (χ3n) is 4.63. The van der Waals surface area contributed by atoms with Gasteiger partial charge in [0.05, 0.1) is 5.41 Å². The Morgan fingerprint density at radius 2 is 1.88 bits per heavy atom. The van der Waals surface area contributed by atoms with E-state index in [0.717, 1.165) is 37.1 Å². The number of hydrogen-bond donors (Lipinski definition) is 2. The van der Waals surface area contributed by atoms with E-state index in [1.165, 1.54) is 11.3 Å². The van der Waals surface area contributed by atoms with Gasteiger partial charge in [0, 0.05) is 17.1 Å². The number of nitrogens with one attached hydrogen (secondary N) is 1. The minimum Gasteiger partial charge on any atom is -0.492 e. The number of hydrogen-bond acceptors (Lipinski definition) is 4. The molecule has 3 N–H and O–H groups in total. The first kappa shape index (κ1) is 19.8. The maximum Gasteiger partial charge on any atom is 0.235 e. The first-order valence-electron chi connectivity index (χ1n) is 8.53. The Hall–Kier alpha value is -1.56. The summed E-state index contributed by atoms with van der Waals surface area (Å²) in [6.45, 7) is 0.981. The SMILES string of the molecule is Cl.NCCOc1ccc(NC(=O)C2(c3cccs3)CCCCC2)cc1. The van der Waals surface area contributed by atoms with Crippen LogP contribution in [0.1, 0.15) is 37.0 Å². The molecule has 2 aromatic rings. The van der Waals surface area contributed by atoms with E-state index in [9.17, 15) is 4.79 Å². The number of thiophene rings is 1. The molecule has 1 aliphatic carbocycles. The van der Waals surface area contributed by atoms with Gasteiger partial charge in [0.1, 0.15) is 12.4 Å². The Bertz CT molecular complexity index is 653. The minimum absolute atomic E-state index is 0. The number of rotatable bonds is 6. The van der Waals surface area contributed by atoms with Crippen LogP contribution in [0.3, 0.4) is 0 Å². The molecule has 1 saturated carbocycles. The summed E-state index contributed by atoms with van der Waals surface area (Å²) in [5.41, 5.74) is 5.87. The fourth-order valence-electron chi connectivity index (χ4n) is 3.35. The summed E-state index contributed by atoms with van der Waals surface area (Å²) in [5.74, 6) is 0.879. The lowest BCUT2D eigenvalue weighted by Gasteiger charge is -2.35. The molecule has 0 atom stereocenters. The predicted octanol–water partition coefficient (Wildman–Crippen LogP) is 4.35. The van der Waals surface area contributed by atoms with Gasteiger partial charge in [-0.3, -0.25) is 4.79 Å². The average molecular weight is 381 g/mol. The molecule has 1 aromatic heterocycles. The van der Waals surface area contributed by atoms with Gasteiger partial charge in [-0.15, -0.1) is 23.7 Å². The van der Waals surface area contributed by atoms with Gasteiger partial charge in [-0.05, 0) is 48.6 Å². The molecule has 0 saturated heterocycles. The van der Waals surface area contributed by atoms with E-state index in [1.54, 1.807) is 11.3 Å². The Balaban J connectivity index is 0.00000225. The summed E-state index contributed by atoms with van der Waals surface area (Å²) in [6.07, 6.45) is 5.29. The molecule has 0 bridgehead atoms. The van der Waals surface area contributed by atoms with Crippen LogP contribution in [0.4, 0.5) is 5.69 Å². The monoisotopic (exact) mass is 380 g/mol. The van der Waals surface area contributed by atoms with Gasteiger partial charge in [0.25, 0.3) is 0 Å². The van der Waals surface area contributed by atoms with Crippen molar-refractivity contribution >= 4 is 35.3 Å². The highest BCUT2D eigenvalue weighted by Gasteiger charge is 2.41. The number of anilines is 1. The largest absolute Gasteiger partial charge is 0.492 e. The van der Waals surface area contributed by atoms with E-state index in [4.69, 9.17) is 10.5 Å². The molecule has 1 aromatic carbocycles. The Kier molecular flexibility index (Phi) is 7.29. The Morgan fingerprint density at radius 1 is 1.16 bits per heavy atom. The number of amides is 1. The van der Waals surface area contributed by atoms with E-state index in [2.05, 4.69) is 16.8 Å². The fraction of sp³-hybridized carbons (Fsp3) is 0.421. The number of ether oxygens (including phenoxy) is 1. The van der Waals surface area contributed by atoms with Gasteiger partial charge >= 0.3 is 0 Å². The molecule has 0 radical (unpaired) electrons. The van der Waals surface area contributed by atoms with Crippen molar-refractivity contribution in [3.63, 3.8) is 0 Å². The second kappa shape index (κ2) is 9.22. The molecule has 6 heteroatoms. The molecule has 1 amide bonds. The van der Waals surface area contributed by atoms with Crippen LogP contribution in [0, 0.1) is 0 Å². The van der Waals surface area contributed by atoms with E-state index >= 15 is 0 Å². The number of benzene rings is 1. The lowest BCUT2D eigenvalue weighted by atomic mass is 9.72. The van der Waals surface area contributed by atoms with Crippen LogP contribution in [0.2, 0.25) is 0 Å². The number of carbonyl (C=O) groups is 1. The van der Waals surface area contributed by atoms with Gasteiger partial charge in [-0.1, -0.05) is 25.3 Å². The summed E-state index contributed by atoms with van der Waals surface area (Å²) in [4.78, 5) is 14.3. The normalized spacial score (nSPS) is 15.9. The molecule has 0 aliphatic heterocycles. The third kappa shape index (κ3) is 4.54. The van der Waals surface area contributed by atoms with Crippen molar-refractivity contribution in [3.8, 4) is 5.75 Å². The average Bonchev–Trinajstić information content (AvgIpc) is 3.17. The van der Waals surface area contributed by atoms with Crippen molar-refractivity contribution < 1.29 is 9.53 Å². The lowest BCUT2D eigenvalue weighted by Crippen LogP contribution is -2.41. The van der Waals surface area contributed by atoms with Crippen LogP contribution in [-0.4, -0.2) is 19.1 Å². The molecule has 25 heavy (non-hydrogen) atoms. The second-order valence-electron chi connectivity index (χ2n) is 6.24. The van der Waals surface area contributed by atoms with Crippen LogP contribution in [0.25, 0.3) is 0 Å². The summed E-state index contributed by atoms with van der Waals surface area (Å²) >= 11 is 1.69. The van der Waals surface area contributed by atoms with Crippen LogP contribution in [-0.2, 0) is 10.2 Å². The zero-order valence-corrected chi connectivity index (χ0v) is 15.8. The Labute approximate surface area is 159 Å². The Morgan fingerprint density at radius 3 is 2.48 bits per heavy atom. The lowest BCUT2D eigenvalue weighted by molar-refractivity contribution is -0.122. The van der Waals surface area contributed by atoms with Crippen molar-refractivity contribution in [2.75, 3.05) is 18.5 Å². The van der Waals surface area contributed by atoms with Crippen molar-refractivity contribution in [1.82, 2.24) is 0 Å². The third-order valence-corrected chi connectivity index (χ3v) is 5.71. The molecule has 0 unspecified atom stereocenters. The molecule has 1 fully saturated rings. The highest BCUT2D eigenvalue weighted by Crippen LogP contribution is 2.42. The van der Waals surface area contributed by atoms with E-state index in [1.807, 2.05) is 30.3 Å². The molecule has 1 aliphatic rings. The van der Waals surface area contributed by atoms with Crippen molar-refractivity contribution in [1.29, 1.82) is 0 Å². The molecule has 136 valence electrons. The topological polar surface area (TPSA) is 64.3 Å². The molecule has 0 spiro atoms. The number of carbonyl (C=O) groups excluding carboxylic acids is 1. The quantitative estimate of drug-likeness (QED) is 0.783. The molecule has 1 heterocycles. The zero-order chi connectivity index (χ0) is 16.8. The van der Waals surface area contributed by atoms with E-state index in [-0.39, 0.29) is 23.7 Å². The second-order valence-corrected chi connectivity index (χ2v) is 7.18. The minimum atomic E-state index is -0.374. The standard InChI is InChI=1S/C19H24N2O2S.ClH/c20-12-13-23-16-8-6-15(7-9-16)21-18(22)19(10-2-1-3-11-19)17-5-4-14-24-17;/h4-9,14H,1-3,10-13,20H2,(H,21,22);1H. The predicted molar refractivity (Wildman–Crippen MR) is 106 cm³/mol. The van der Waals surface area contributed by atoms with E-state index in [0.29, 0.717) is 13.2 Å². The van der Waals surface area contributed by atoms with Crippen molar-refractivity contribution in [3.05, 3.63) is 46.7 Å². The smallest absolute Gasteiger partial charge is 0.235 e. The summed E-state index contributed by atoms with van der Waals surface area (Å²) < 4.78 is 5.47. The van der Waals surface area contributed by atoms with Gasteiger partial charge < -0.3 is 15.8 Å². The highest BCUT2D eigenvalue weighted by atomic mass is 35.5. The maximum absolute atomic E-state index is 13.1. The molecular formula is C19H25ClN2O2S. The van der Waals surface area contributed by atoms with Crippen LogP contribution >= 0.6 is 23.7 Å². The summed E-state index contributed by atoms with van der Waals surface area (Å²) in [6, 6.07) is 11.6. The summed E-state index contributed by atoms with van der Waals surface area (Å²) in [7, 11) is 0. The van der Waals surface area contributed by atoms with Gasteiger partial charge in [-0.2, -0.15) is 0 Å². The maximum atomic E-state index is 13.1.